The van der Waals surface area contributed by atoms with Gasteiger partial charge in [0, 0.05) is 24.7 Å². The van der Waals surface area contributed by atoms with Crippen molar-refractivity contribution in [2.45, 2.75) is 57.3 Å². The van der Waals surface area contributed by atoms with Gasteiger partial charge in [0.1, 0.15) is 0 Å². The van der Waals surface area contributed by atoms with Gasteiger partial charge in [-0.05, 0) is 30.7 Å². The molecule has 3 aliphatic rings. The minimum Gasteiger partial charge on any atom is -0.667 e. The quantitative estimate of drug-likeness (QED) is 0.310. The molecule has 0 aromatic heterocycles. The molecular formula is C29H42N2SiTi. The number of fused-ring (bicyclic) bond motifs is 3. The summed E-state index contributed by atoms with van der Waals surface area (Å²) in [5.41, 5.74) is 2.37. The van der Waals surface area contributed by atoms with Crippen molar-refractivity contribution in [3.63, 3.8) is 0 Å². The molecule has 0 radical (unpaired) electrons. The normalized spacial score (nSPS) is 27.1. The van der Waals surface area contributed by atoms with Crippen LogP contribution in [-0.4, -0.2) is 33.3 Å². The summed E-state index contributed by atoms with van der Waals surface area (Å²) in [6, 6.07) is 25.8. The fourth-order valence-corrected chi connectivity index (χ4v) is 9.03. The number of hydrogen-bond acceptors (Lipinski definition) is 1. The van der Waals surface area contributed by atoms with E-state index in [-0.39, 0.29) is 29.1 Å². The molecule has 5 rings (SSSR count). The summed E-state index contributed by atoms with van der Waals surface area (Å²) in [7, 11) is 2.94. The molecule has 1 aliphatic heterocycles. The molecule has 1 heterocycles. The van der Waals surface area contributed by atoms with E-state index in [9.17, 15) is 0 Å². The fourth-order valence-electron chi connectivity index (χ4n) is 5.99. The van der Waals surface area contributed by atoms with Gasteiger partial charge in [-0.3, -0.25) is 0 Å². The van der Waals surface area contributed by atoms with Crippen molar-refractivity contribution < 1.29 is 21.7 Å². The Balaban J connectivity index is 0.000000321. The molecule has 33 heavy (non-hydrogen) atoms. The Labute approximate surface area is 220 Å². The van der Waals surface area contributed by atoms with E-state index in [2.05, 4.69) is 57.2 Å². The predicted octanol–water partition coefficient (Wildman–Crippen LogP) is 7.64. The number of allylic oxidation sites excluding steroid dienone is 1. The Hall–Kier alpha value is -1.13. The van der Waals surface area contributed by atoms with Crippen LogP contribution in [0.1, 0.15) is 32.6 Å². The Morgan fingerprint density at radius 1 is 0.879 bits per heavy atom. The first-order valence-corrected chi connectivity index (χ1v) is 14.8. The monoisotopic (exact) mass is 494 g/mol. The first-order chi connectivity index (χ1) is 15.0. The molecule has 2 aromatic rings. The van der Waals surface area contributed by atoms with Crippen molar-refractivity contribution in [2.75, 3.05) is 14.1 Å². The second-order valence-corrected chi connectivity index (χ2v) is 14.1. The van der Waals surface area contributed by atoms with E-state index < -0.39 is 8.24 Å². The van der Waals surface area contributed by atoms with Gasteiger partial charge in [0.15, 0.2) is 0 Å². The number of rotatable bonds is 2. The number of nitrogens with zero attached hydrogens (tertiary/aromatic N) is 2. The summed E-state index contributed by atoms with van der Waals surface area (Å²) in [4.78, 5) is 7.49. The van der Waals surface area contributed by atoms with Gasteiger partial charge in [0.2, 0.25) is 0 Å². The molecule has 5 atom stereocenters. The molecule has 2 aromatic carbocycles. The smallest absolute Gasteiger partial charge is 0.667 e. The maximum atomic E-state index is 4.90. The summed E-state index contributed by atoms with van der Waals surface area (Å²) >= 11 is 0. The Kier molecular flexibility index (Phi) is 13.0. The van der Waals surface area contributed by atoms with E-state index in [4.69, 9.17) is 4.98 Å². The van der Waals surface area contributed by atoms with Crippen LogP contribution in [0.3, 0.4) is 0 Å². The molecule has 0 N–H and O–H groups in total. The van der Waals surface area contributed by atoms with Crippen molar-refractivity contribution in [3.05, 3.63) is 97.0 Å². The topological polar surface area (TPSA) is 17.3 Å². The zero-order valence-electron chi connectivity index (χ0n) is 21.5. The third-order valence-corrected chi connectivity index (χ3v) is 11.2. The molecule has 0 bridgehead atoms. The van der Waals surface area contributed by atoms with Crippen LogP contribution in [0.4, 0.5) is 0 Å². The Morgan fingerprint density at radius 2 is 1.36 bits per heavy atom. The van der Waals surface area contributed by atoms with Crippen LogP contribution < -0.4 is 0 Å². The standard InChI is InChI=1S/C16H29N2Si.2C6H5.CH3.Ti/c1-11-10-14-12-8-6-7-9-13(12)16(15(14)18(11)3)19(4,5)17-2;2*1-2-4-6-5-3-1;;/h10,12-16H,6-9H2,1-5H3;2*1-5H;1H3;/q4*-1;+4. The second kappa shape index (κ2) is 14.3. The van der Waals surface area contributed by atoms with Crippen LogP contribution in [0.5, 0.6) is 0 Å². The minimum atomic E-state index is -1.46. The first kappa shape index (κ1) is 29.9. The van der Waals surface area contributed by atoms with E-state index >= 15 is 0 Å². The summed E-state index contributed by atoms with van der Waals surface area (Å²) in [5.74, 6) is 2.74. The zero-order valence-corrected chi connectivity index (χ0v) is 24.0. The number of benzene rings is 2. The Morgan fingerprint density at radius 3 is 1.76 bits per heavy atom. The van der Waals surface area contributed by atoms with Gasteiger partial charge in [-0.25, -0.2) is 0 Å². The van der Waals surface area contributed by atoms with Crippen LogP contribution in [0.25, 0.3) is 4.98 Å². The maximum absolute atomic E-state index is 4.90. The van der Waals surface area contributed by atoms with E-state index in [0.29, 0.717) is 0 Å². The van der Waals surface area contributed by atoms with Crippen molar-refractivity contribution in [2.24, 2.45) is 17.8 Å². The van der Waals surface area contributed by atoms with Gasteiger partial charge >= 0.3 is 21.7 Å². The summed E-state index contributed by atoms with van der Waals surface area (Å²) in [6.45, 7) is 7.28. The largest absolute Gasteiger partial charge is 4.00 e. The molecule has 5 unspecified atom stereocenters. The van der Waals surface area contributed by atoms with E-state index in [0.717, 1.165) is 29.3 Å². The molecule has 2 aliphatic carbocycles. The zero-order chi connectivity index (χ0) is 22.3. The molecule has 0 spiro atoms. The average molecular weight is 495 g/mol. The van der Waals surface area contributed by atoms with E-state index in [1.165, 1.54) is 31.4 Å². The minimum absolute atomic E-state index is 0. The van der Waals surface area contributed by atoms with Gasteiger partial charge in [-0.15, -0.1) is 0 Å². The van der Waals surface area contributed by atoms with Crippen molar-refractivity contribution in [3.8, 4) is 0 Å². The second-order valence-electron chi connectivity index (χ2n) is 9.66. The van der Waals surface area contributed by atoms with E-state index in [1.807, 2.05) is 60.7 Å². The summed E-state index contributed by atoms with van der Waals surface area (Å²) in [5, 5.41) is 0. The van der Waals surface area contributed by atoms with Gasteiger partial charge in [-0.2, -0.15) is 79.8 Å². The number of hydrogen-bond donors (Lipinski definition) is 0. The molecule has 4 heteroatoms. The molecule has 2 nitrogen and oxygen atoms in total. The van der Waals surface area contributed by atoms with Crippen molar-refractivity contribution in [1.82, 2.24) is 4.90 Å². The molecule has 2 saturated carbocycles. The predicted molar refractivity (Wildman–Crippen MR) is 142 cm³/mol. The van der Waals surface area contributed by atoms with E-state index in [1.54, 1.807) is 0 Å². The summed E-state index contributed by atoms with van der Waals surface area (Å²) < 4.78 is 0. The summed E-state index contributed by atoms with van der Waals surface area (Å²) in [6.07, 6.45) is 8.44. The molecule has 0 saturated heterocycles. The fraction of sp³-hybridized carbons (Fsp3) is 0.483. The molecule has 2 fully saturated rings. The van der Waals surface area contributed by atoms with Crippen LogP contribution in [0.15, 0.2) is 72.4 Å². The van der Waals surface area contributed by atoms with Crippen LogP contribution in [0.2, 0.25) is 18.6 Å². The third-order valence-electron chi connectivity index (χ3n) is 7.64. The Bertz CT molecular complexity index is 711. The SMILES string of the molecule is C[N-][Si](C)(C)C1C2CCCCC2C2C=C(C)N(C)C21.[CH3-].[Ti+4].[c-]1ccccc1.[c-]1ccccc1. The van der Waals surface area contributed by atoms with Gasteiger partial charge in [-0.1, -0.05) is 46.7 Å². The van der Waals surface area contributed by atoms with Crippen LogP contribution in [0, 0.1) is 37.3 Å². The molecule has 0 amide bonds. The molecule has 176 valence electrons. The van der Waals surface area contributed by atoms with Crippen molar-refractivity contribution in [1.29, 1.82) is 0 Å². The maximum Gasteiger partial charge on any atom is 4.00 e. The van der Waals surface area contributed by atoms with Gasteiger partial charge < -0.3 is 17.3 Å². The van der Waals surface area contributed by atoms with Crippen LogP contribution in [-0.2, 0) is 21.7 Å². The first-order valence-electron chi connectivity index (χ1n) is 11.8. The average Bonchev–Trinajstić information content (AvgIpc) is 3.31. The molecular weight excluding hydrogens is 452 g/mol. The van der Waals surface area contributed by atoms with Gasteiger partial charge in [0.05, 0.1) is 0 Å². The van der Waals surface area contributed by atoms with Crippen molar-refractivity contribution >= 4 is 8.24 Å². The third kappa shape index (κ3) is 7.42. The van der Waals surface area contributed by atoms with Crippen LogP contribution >= 0.6 is 0 Å². The van der Waals surface area contributed by atoms with Gasteiger partial charge in [0.25, 0.3) is 0 Å².